The number of hydrogen-bond acceptors (Lipinski definition) is 6. The molecule has 0 unspecified atom stereocenters. The average molecular weight is 276 g/mol. The molecule has 8 heteroatoms. The largest absolute Gasteiger partial charge is 0.910 e. The van der Waals surface area contributed by atoms with Gasteiger partial charge in [0.25, 0.3) is 0 Å². The molecule has 0 bridgehead atoms. The van der Waals surface area contributed by atoms with Crippen LogP contribution in [-0.4, -0.2) is 49.2 Å². The van der Waals surface area contributed by atoms with Gasteiger partial charge in [0.2, 0.25) is 0 Å². The molecule has 0 atom stereocenters. The topological polar surface area (TPSA) is 55.4 Å². The summed E-state index contributed by atoms with van der Waals surface area (Å²) in [5, 5.41) is 0. The summed E-state index contributed by atoms with van der Waals surface area (Å²) in [4.78, 5) is 0. The van der Waals surface area contributed by atoms with E-state index in [1.807, 2.05) is 20.8 Å². The lowest BCUT2D eigenvalue weighted by atomic mass is 10.5. The smallest absolute Gasteiger partial charge is 0.432 e. The van der Waals surface area contributed by atoms with Crippen LogP contribution in [0.4, 0.5) is 0 Å². The van der Waals surface area contributed by atoms with E-state index in [1.165, 1.54) is 0 Å². The third-order valence-corrected chi connectivity index (χ3v) is 5.73. The van der Waals surface area contributed by atoms with E-state index in [0.29, 0.717) is 0 Å². The standard InChI is InChI=1S/3C3H6O2.2Al/c3*1-2-3(4)5;;/h3*3H,2H2,1H3;;/q3*-2;2*+3. The summed E-state index contributed by atoms with van der Waals surface area (Å²) in [6.45, 7) is 6.01. The Morgan fingerprint density at radius 1 is 0.882 bits per heavy atom. The van der Waals surface area contributed by atoms with E-state index in [2.05, 4.69) is 0 Å². The predicted octanol–water partition coefficient (Wildman–Crippen LogP) is 1.29. The first kappa shape index (κ1) is 14.2. The lowest BCUT2D eigenvalue weighted by molar-refractivity contribution is -0.210. The maximum absolute atomic E-state index is 5.59. The Balaban J connectivity index is 1.61. The van der Waals surface area contributed by atoms with Crippen molar-refractivity contribution >= 4 is 30.3 Å². The summed E-state index contributed by atoms with van der Waals surface area (Å²) in [5.41, 5.74) is 0. The molecule has 0 aromatic rings. The molecule has 0 amide bonds. The first-order valence-corrected chi connectivity index (χ1v) is 9.00. The van der Waals surface area contributed by atoms with Crippen LogP contribution in [-0.2, 0) is 22.7 Å². The molecule has 2 rings (SSSR count). The minimum absolute atomic E-state index is 0.0814. The van der Waals surface area contributed by atoms with Gasteiger partial charge in [-0.1, -0.05) is 20.8 Å². The highest BCUT2D eigenvalue weighted by Crippen LogP contribution is 2.22. The van der Waals surface area contributed by atoms with E-state index in [4.69, 9.17) is 22.7 Å². The fourth-order valence-electron chi connectivity index (χ4n) is 1.50. The van der Waals surface area contributed by atoms with Crippen molar-refractivity contribution in [2.24, 2.45) is 0 Å². The normalized spacial score (nSPS) is 21.9. The fourth-order valence-corrected chi connectivity index (χ4v) is 4.70. The number of hydrogen-bond donors (Lipinski definition) is 0. The average Bonchev–Trinajstić information content (AvgIpc) is 2.24. The van der Waals surface area contributed by atoms with Gasteiger partial charge >= 0.3 is 30.3 Å². The molecule has 0 aliphatic carbocycles. The van der Waals surface area contributed by atoms with Crippen molar-refractivity contribution in [3.05, 3.63) is 0 Å². The van der Waals surface area contributed by atoms with Gasteiger partial charge in [-0.15, -0.1) is 0 Å². The van der Waals surface area contributed by atoms with Gasteiger partial charge in [0, 0.05) is 0 Å². The van der Waals surface area contributed by atoms with Crippen LogP contribution in [0.1, 0.15) is 40.0 Å². The summed E-state index contributed by atoms with van der Waals surface area (Å²) in [7, 11) is 0. The molecule has 0 saturated carbocycles. The zero-order chi connectivity index (χ0) is 12.3. The second-order valence-corrected chi connectivity index (χ2v) is 6.69. The van der Waals surface area contributed by atoms with Gasteiger partial charge in [-0.3, -0.25) is 0 Å². The van der Waals surface area contributed by atoms with Crippen molar-refractivity contribution in [2.45, 2.75) is 58.9 Å². The van der Waals surface area contributed by atoms with Gasteiger partial charge in [-0.05, 0) is 19.3 Å². The van der Waals surface area contributed by atoms with E-state index in [9.17, 15) is 0 Å². The Labute approximate surface area is 112 Å². The van der Waals surface area contributed by atoms with E-state index >= 15 is 0 Å². The molecule has 2 aliphatic rings. The van der Waals surface area contributed by atoms with Crippen molar-refractivity contribution in [2.75, 3.05) is 0 Å². The van der Waals surface area contributed by atoms with Crippen LogP contribution in [0.3, 0.4) is 0 Å². The van der Waals surface area contributed by atoms with Gasteiger partial charge in [-0.2, -0.15) is 0 Å². The van der Waals surface area contributed by atoms with Crippen LogP contribution in [0.15, 0.2) is 0 Å². The van der Waals surface area contributed by atoms with E-state index in [1.54, 1.807) is 0 Å². The molecule has 17 heavy (non-hydrogen) atoms. The molecule has 2 fully saturated rings. The molecule has 96 valence electrons. The van der Waals surface area contributed by atoms with E-state index in [0.717, 1.165) is 19.3 Å². The highest BCUT2D eigenvalue weighted by Gasteiger charge is 2.51. The van der Waals surface area contributed by atoms with Gasteiger partial charge in [0.1, 0.15) is 18.9 Å². The Hall–Kier alpha value is 0.825. The molecule has 2 aliphatic heterocycles. The second-order valence-electron chi connectivity index (χ2n) is 3.91. The van der Waals surface area contributed by atoms with Gasteiger partial charge < -0.3 is 22.7 Å². The monoisotopic (exact) mass is 276 g/mol. The van der Waals surface area contributed by atoms with Crippen LogP contribution in [0.2, 0.25) is 0 Å². The molecule has 0 radical (unpaired) electrons. The Morgan fingerprint density at radius 3 is 1.59 bits per heavy atom. The summed E-state index contributed by atoms with van der Waals surface area (Å²) >= 11 is -3.87. The third-order valence-electron chi connectivity index (χ3n) is 2.58. The van der Waals surface area contributed by atoms with Crippen LogP contribution in [0, 0.1) is 0 Å². The Morgan fingerprint density at radius 2 is 1.29 bits per heavy atom. The lowest BCUT2D eigenvalue weighted by Crippen LogP contribution is -2.53. The fraction of sp³-hybridized carbons (Fsp3) is 1.00. The summed E-state index contributed by atoms with van der Waals surface area (Å²) in [6.07, 6.45) is 1.96. The molecular formula is C9H18Al2O6. The third kappa shape index (κ3) is 3.89. The SMILES string of the molecule is CCC1[O][Al]([O]C(CC)[O][Al]2[O]C(CC)[O]2)[O]1. The van der Waals surface area contributed by atoms with Crippen LogP contribution in [0.25, 0.3) is 0 Å². The van der Waals surface area contributed by atoms with Crippen molar-refractivity contribution in [1.82, 2.24) is 0 Å². The number of rotatable bonds is 7. The molecular weight excluding hydrogens is 258 g/mol. The highest BCUT2D eigenvalue weighted by atomic mass is 27.3. The first-order chi connectivity index (χ1) is 8.25. The van der Waals surface area contributed by atoms with Crippen molar-refractivity contribution in [3.63, 3.8) is 0 Å². The minimum Gasteiger partial charge on any atom is -0.432 e. The van der Waals surface area contributed by atoms with Crippen LogP contribution in [0.5, 0.6) is 0 Å². The van der Waals surface area contributed by atoms with Crippen molar-refractivity contribution < 1.29 is 22.7 Å². The molecule has 6 nitrogen and oxygen atoms in total. The van der Waals surface area contributed by atoms with Gasteiger partial charge in [0.05, 0.1) is 0 Å². The summed E-state index contributed by atoms with van der Waals surface area (Å²) < 4.78 is 33.0. The second kappa shape index (κ2) is 6.84. The molecule has 0 aromatic heterocycles. The summed E-state index contributed by atoms with van der Waals surface area (Å²) in [5.74, 6) is 0. The molecule has 2 saturated heterocycles. The zero-order valence-electron chi connectivity index (χ0n) is 10.5. The van der Waals surface area contributed by atoms with Crippen molar-refractivity contribution in [1.29, 1.82) is 0 Å². The molecule has 0 spiro atoms. The highest BCUT2D eigenvalue weighted by molar-refractivity contribution is 6.39. The lowest BCUT2D eigenvalue weighted by Gasteiger charge is -2.37. The minimum atomic E-state index is -1.93. The zero-order valence-corrected chi connectivity index (χ0v) is 12.8. The maximum Gasteiger partial charge on any atom is 0.910 e. The van der Waals surface area contributed by atoms with Crippen molar-refractivity contribution in [3.8, 4) is 0 Å². The Bertz CT molecular complexity index is 210. The summed E-state index contributed by atoms with van der Waals surface area (Å²) in [6, 6.07) is 0. The first-order valence-electron chi connectivity index (χ1n) is 6.17. The Kier molecular flexibility index (Phi) is 5.73. The van der Waals surface area contributed by atoms with E-state index in [-0.39, 0.29) is 18.9 Å². The maximum atomic E-state index is 5.59. The predicted molar refractivity (Wildman–Crippen MR) is 60.3 cm³/mol. The van der Waals surface area contributed by atoms with Crippen LogP contribution >= 0.6 is 0 Å². The van der Waals surface area contributed by atoms with Gasteiger partial charge in [0.15, 0.2) is 0 Å². The quantitative estimate of drug-likeness (QED) is 0.516. The van der Waals surface area contributed by atoms with E-state index < -0.39 is 30.3 Å². The van der Waals surface area contributed by atoms with Crippen LogP contribution < -0.4 is 0 Å². The van der Waals surface area contributed by atoms with Gasteiger partial charge in [-0.25, -0.2) is 0 Å². The molecule has 0 N–H and O–H groups in total. The molecule has 0 aromatic carbocycles. The molecule has 2 heterocycles.